The Morgan fingerprint density at radius 1 is 1.32 bits per heavy atom. The molecule has 0 spiro atoms. The second kappa shape index (κ2) is 7.40. The number of aromatic amines is 1. The Balaban J connectivity index is 1.33. The third-order valence-corrected chi connectivity index (χ3v) is 6.36. The van der Waals surface area contributed by atoms with Crippen LogP contribution in [0.15, 0.2) is 23.0 Å². The summed E-state index contributed by atoms with van der Waals surface area (Å²) in [6.45, 7) is 5.90. The SMILES string of the molecule is Cc1nc(C2CCN(Cc3ccc([C@@H]4CCCO4)s3)CC2)cc(=O)[nH]1. The van der Waals surface area contributed by atoms with Crippen molar-refractivity contribution in [2.75, 3.05) is 19.7 Å². The predicted octanol–water partition coefficient (Wildman–Crippen LogP) is 3.37. The fourth-order valence-corrected chi connectivity index (χ4v) is 5.01. The van der Waals surface area contributed by atoms with Gasteiger partial charge in [0.15, 0.2) is 0 Å². The Hall–Kier alpha value is -1.50. The fourth-order valence-electron chi connectivity index (χ4n) is 3.87. The number of thiophene rings is 1. The van der Waals surface area contributed by atoms with Crippen molar-refractivity contribution in [2.45, 2.75) is 51.2 Å². The van der Waals surface area contributed by atoms with E-state index in [1.807, 2.05) is 18.3 Å². The van der Waals surface area contributed by atoms with Gasteiger partial charge in [0.05, 0.1) is 11.8 Å². The summed E-state index contributed by atoms with van der Waals surface area (Å²) in [7, 11) is 0. The smallest absolute Gasteiger partial charge is 0.251 e. The number of aryl methyl sites for hydroxylation is 1. The summed E-state index contributed by atoms with van der Waals surface area (Å²) in [6.07, 6.45) is 4.81. The van der Waals surface area contributed by atoms with Crippen LogP contribution in [-0.2, 0) is 11.3 Å². The maximum Gasteiger partial charge on any atom is 0.251 e. The number of nitrogens with zero attached hydrogens (tertiary/aromatic N) is 2. The van der Waals surface area contributed by atoms with E-state index in [1.165, 1.54) is 16.2 Å². The van der Waals surface area contributed by atoms with Crippen molar-refractivity contribution in [3.63, 3.8) is 0 Å². The van der Waals surface area contributed by atoms with Gasteiger partial charge in [0.25, 0.3) is 5.56 Å². The molecule has 1 N–H and O–H groups in total. The van der Waals surface area contributed by atoms with Crippen molar-refractivity contribution in [1.82, 2.24) is 14.9 Å². The number of likely N-dealkylation sites (tertiary alicyclic amines) is 1. The number of H-pyrrole nitrogens is 1. The zero-order valence-corrected chi connectivity index (χ0v) is 15.5. The average molecular weight is 359 g/mol. The molecule has 0 amide bonds. The van der Waals surface area contributed by atoms with Crippen LogP contribution in [0.5, 0.6) is 0 Å². The second-order valence-electron chi connectivity index (χ2n) is 7.11. The van der Waals surface area contributed by atoms with Crippen LogP contribution < -0.4 is 5.56 Å². The van der Waals surface area contributed by atoms with Gasteiger partial charge in [0, 0.05) is 34.9 Å². The van der Waals surface area contributed by atoms with Gasteiger partial charge in [-0.05, 0) is 57.8 Å². The molecule has 2 aliphatic heterocycles. The van der Waals surface area contributed by atoms with E-state index < -0.39 is 0 Å². The van der Waals surface area contributed by atoms with Gasteiger partial charge in [-0.1, -0.05) is 0 Å². The molecule has 0 saturated carbocycles. The van der Waals surface area contributed by atoms with Crippen molar-refractivity contribution in [1.29, 1.82) is 0 Å². The van der Waals surface area contributed by atoms with Gasteiger partial charge in [-0.3, -0.25) is 9.69 Å². The van der Waals surface area contributed by atoms with Crippen LogP contribution in [0.1, 0.15) is 59.0 Å². The van der Waals surface area contributed by atoms with Crippen LogP contribution in [-0.4, -0.2) is 34.6 Å². The summed E-state index contributed by atoms with van der Waals surface area (Å²) in [4.78, 5) is 24.2. The minimum atomic E-state index is -0.0369. The lowest BCUT2D eigenvalue weighted by atomic mass is 9.93. The lowest BCUT2D eigenvalue weighted by Crippen LogP contribution is -2.32. The molecule has 4 rings (SSSR count). The third-order valence-electron chi connectivity index (χ3n) is 5.19. The number of hydrogen-bond acceptors (Lipinski definition) is 5. The molecular weight excluding hydrogens is 334 g/mol. The van der Waals surface area contributed by atoms with Gasteiger partial charge in [-0.15, -0.1) is 11.3 Å². The van der Waals surface area contributed by atoms with Gasteiger partial charge in [0.2, 0.25) is 0 Å². The quantitative estimate of drug-likeness (QED) is 0.909. The molecule has 0 unspecified atom stereocenters. The van der Waals surface area contributed by atoms with E-state index in [9.17, 15) is 4.79 Å². The van der Waals surface area contributed by atoms with Gasteiger partial charge in [-0.25, -0.2) is 4.98 Å². The van der Waals surface area contributed by atoms with E-state index in [0.717, 1.165) is 51.2 Å². The number of hydrogen-bond donors (Lipinski definition) is 1. The summed E-state index contributed by atoms with van der Waals surface area (Å²) in [5.74, 6) is 1.12. The molecule has 2 fully saturated rings. The molecule has 2 aliphatic rings. The zero-order chi connectivity index (χ0) is 17.2. The van der Waals surface area contributed by atoms with Crippen LogP contribution in [0.2, 0.25) is 0 Å². The Morgan fingerprint density at radius 2 is 2.16 bits per heavy atom. The first-order valence-corrected chi connectivity index (χ1v) is 9.99. The lowest BCUT2D eigenvalue weighted by molar-refractivity contribution is 0.114. The van der Waals surface area contributed by atoms with Crippen LogP contribution >= 0.6 is 11.3 Å². The van der Waals surface area contributed by atoms with Crippen molar-refractivity contribution in [2.24, 2.45) is 0 Å². The van der Waals surface area contributed by atoms with Crippen molar-refractivity contribution in [3.05, 3.63) is 49.8 Å². The number of piperidine rings is 1. The molecule has 25 heavy (non-hydrogen) atoms. The van der Waals surface area contributed by atoms with E-state index in [-0.39, 0.29) is 5.56 Å². The molecule has 2 aromatic rings. The highest BCUT2D eigenvalue weighted by Crippen LogP contribution is 2.34. The van der Waals surface area contributed by atoms with Crippen LogP contribution in [0.3, 0.4) is 0 Å². The van der Waals surface area contributed by atoms with Crippen LogP contribution in [0.25, 0.3) is 0 Å². The van der Waals surface area contributed by atoms with Gasteiger partial charge in [0.1, 0.15) is 5.82 Å². The highest BCUT2D eigenvalue weighted by molar-refractivity contribution is 7.12. The van der Waals surface area contributed by atoms with E-state index in [0.29, 0.717) is 17.8 Å². The first kappa shape index (κ1) is 16.9. The standard InChI is InChI=1S/C19H25N3O2S/c1-13-20-16(11-19(23)21-13)14-6-8-22(9-7-14)12-15-4-5-18(25-15)17-3-2-10-24-17/h4-5,11,14,17H,2-3,6-10,12H2,1H3,(H,20,21,23)/t17-/m0/s1. The van der Waals surface area contributed by atoms with E-state index in [4.69, 9.17) is 4.74 Å². The molecule has 0 radical (unpaired) electrons. The van der Waals surface area contributed by atoms with E-state index >= 15 is 0 Å². The third kappa shape index (κ3) is 4.02. The zero-order valence-electron chi connectivity index (χ0n) is 14.7. The average Bonchev–Trinajstić information content (AvgIpc) is 3.26. The van der Waals surface area contributed by atoms with Gasteiger partial charge >= 0.3 is 0 Å². The molecule has 5 nitrogen and oxygen atoms in total. The summed E-state index contributed by atoms with van der Waals surface area (Å²) in [5, 5.41) is 0. The van der Waals surface area contributed by atoms with Crippen molar-refractivity contribution < 1.29 is 4.74 Å². The number of nitrogens with one attached hydrogen (secondary N) is 1. The Kier molecular flexibility index (Phi) is 5.01. The molecule has 134 valence electrons. The highest BCUT2D eigenvalue weighted by atomic mass is 32.1. The molecule has 2 aromatic heterocycles. The molecule has 0 bridgehead atoms. The van der Waals surface area contributed by atoms with E-state index in [1.54, 1.807) is 6.07 Å². The summed E-state index contributed by atoms with van der Waals surface area (Å²) in [5.41, 5.74) is 0.919. The molecule has 0 aromatic carbocycles. The normalized spacial score (nSPS) is 22.5. The minimum Gasteiger partial charge on any atom is -0.373 e. The number of aromatic nitrogens is 2. The fraction of sp³-hybridized carbons (Fsp3) is 0.579. The maximum absolute atomic E-state index is 11.7. The summed E-state index contributed by atoms with van der Waals surface area (Å²) >= 11 is 1.90. The van der Waals surface area contributed by atoms with Crippen molar-refractivity contribution >= 4 is 11.3 Å². The minimum absolute atomic E-state index is 0.0369. The maximum atomic E-state index is 11.7. The Morgan fingerprint density at radius 3 is 2.88 bits per heavy atom. The summed E-state index contributed by atoms with van der Waals surface area (Å²) < 4.78 is 5.79. The van der Waals surface area contributed by atoms with Gasteiger partial charge < -0.3 is 9.72 Å². The number of ether oxygens (including phenoxy) is 1. The largest absolute Gasteiger partial charge is 0.373 e. The molecule has 4 heterocycles. The second-order valence-corrected chi connectivity index (χ2v) is 8.31. The van der Waals surface area contributed by atoms with Crippen molar-refractivity contribution in [3.8, 4) is 0 Å². The molecule has 6 heteroatoms. The highest BCUT2D eigenvalue weighted by Gasteiger charge is 2.24. The van der Waals surface area contributed by atoms with E-state index in [2.05, 4.69) is 27.0 Å². The lowest BCUT2D eigenvalue weighted by Gasteiger charge is -2.31. The molecule has 2 saturated heterocycles. The molecule has 0 aliphatic carbocycles. The Labute approximate surface area is 152 Å². The first-order valence-electron chi connectivity index (χ1n) is 9.18. The Bertz CT molecular complexity index is 771. The topological polar surface area (TPSA) is 58.2 Å². The first-order chi connectivity index (χ1) is 12.2. The summed E-state index contributed by atoms with van der Waals surface area (Å²) in [6, 6.07) is 6.17. The van der Waals surface area contributed by atoms with Gasteiger partial charge in [-0.2, -0.15) is 0 Å². The molecular formula is C19H25N3O2S. The predicted molar refractivity (Wildman–Crippen MR) is 99.1 cm³/mol. The number of rotatable bonds is 4. The van der Waals surface area contributed by atoms with Crippen LogP contribution in [0.4, 0.5) is 0 Å². The van der Waals surface area contributed by atoms with Crippen LogP contribution in [0, 0.1) is 6.92 Å². The molecule has 1 atom stereocenters. The monoisotopic (exact) mass is 359 g/mol.